The summed E-state index contributed by atoms with van der Waals surface area (Å²) in [6.45, 7) is 6.15. The van der Waals surface area contributed by atoms with Crippen molar-refractivity contribution in [2.45, 2.75) is 33.1 Å². The van der Waals surface area contributed by atoms with Gasteiger partial charge in [0.2, 0.25) is 0 Å². The first-order chi connectivity index (χ1) is 8.19. The van der Waals surface area contributed by atoms with Gasteiger partial charge in [0, 0.05) is 19.2 Å². The molecule has 5 heteroatoms. The summed E-state index contributed by atoms with van der Waals surface area (Å²) in [5.41, 5.74) is 0.0423. The molecule has 0 spiro atoms. The van der Waals surface area contributed by atoms with Gasteiger partial charge in [-0.15, -0.1) is 0 Å². The van der Waals surface area contributed by atoms with Gasteiger partial charge in [0.25, 0.3) is 5.69 Å². The quantitative estimate of drug-likeness (QED) is 0.540. The molecule has 0 N–H and O–H groups in total. The number of unbranched alkanes of at least 4 members (excludes halogenated alkanes) is 1. The molecule has 0 saturated heterocycles. The van der Waals surface area contributed by atoms with E-state index in [0.717, 1.165) is 38.2 Å². The van der Waals surface area contributed by atoms with E-state index in [1.807, 2.05) is 0 Å². The first-order valence-electron chi connectivity index (χ1n) is 6.04. The lowest BCUT2D eigenvalue weighted by Crippen LogP contribution is -2.26. The van der Waals surface area contributed by atoms with E-state index in [-0.39, 0.29) is 5.69 Å². The largest absolute Gasteiger partial charge is 0.357 e. The number of hydrogen-bond donors (Lipinski definition) is 0. The molecule has 0 amide bonds. The zero-order valence-corrected chi connectivity index (χ0v) is 10.4. The van der Waals surface area contributed by atoms with E-state index in [9.17, 15) is 10.1 Å². The van der Waals surface area contributed by atoms with Crippen LogP contribution in [-0.2, 0) is 0 Å². The van der Waals surface area contributed by atoms with Crippen LogP contribution in [0, 0.1) is 10.1 Å². The van der Waals surface area contributed by atoms with Crippen LogP contribution in [0.1, 0.15) is 33.1 Å². The smallest absolute Gasteiger partial charge is 0.287 e. The van der Waals surface area contributed by atoms with Crippen LogP contribution in [0.4, 0.5) is 11.5 Å². The summed E-state index contributed by atoms with van der Waals surface area (Å²) in [5, 5.41) is 10.5. The zero-order chi connectivity index (χ0) is 12.7. The summed E-state index contributed by atoms with van der Waals surface area (Å²) in [5.74, 6) is 0.825. The van der Waals surface area contributed by atoms with Crippen LogP contribution in [0.15, 0.2) is 18.3 Å². The molecule has 0 aliphatic rings. The highest BCUT2D eigenvalue weighted by atomic mass is 16.6. The molecule has 0 saturated carbocycles. The predicted molar refractivity (Wildman–Crippen MR) is 68.3 cm³/mol. The molecule has 0 aliphatic carbocycles. The Morgan fingerprint density at radius 1 is 1.29 bits per heavy atom. The molecule has 0 fully saturated rings. The maximum atomic E-state index is 10.5. The third kappa shape index (κ3) is 4.01. The molecule has 0 unspecified atom stereocenters. The number of hydrogen-bond acceptors (Lipinski definition) is 4. The number of nitrogens with zero attached hydrogens (tertiary/aromatic N) is 3. The molecular weight excluding hydrogens is 218 g/mol. The molecule has 0 aromatic carbocycles. The van der Waals surface area contributed by atoms with E-state index in [1.54, 1.807) is 6.07 Å². The Hall–Kier alpha value is -1.65. The number of anilines is 1. The molecule has 0 atom stereocenters. The van der Waals surface area contributed by atoms with Crippen LogP contribution in [0.2, 0.25) is 0 Å². The Kier molecular flexibility index (Phi) is 5.39. The Morgan fingerprint density at radius 2 is 2.06 bits per heavy atom. The molecule has 5 nitrogen and oxygen atoms in total. The van der Waals surface area contributed by atoms with Crippen molar-refractivity contribution in [2.24, 2.45) is 0 Å². The van der Waals surface area contributed by atoms with Gasteiger partial charge in [0.1, 0.15) is 12.0 Å². The van der Waals surface area contributed by atoms with Crippen molar-refractivity contribution in [1.82, 2.24) is 4.98 Å². The van der Waals surface area contributed by atoms with E-state index in [2.05, 4.69) is 23.7 Å². The highest BCUT2D eigenvalue weighted by molar-refractivity contribution is 5.42. The fraction of sp³-hybridized carbons (Fsp3) is 0.583. The van der Waals surface area contributed by atoms with Crippen LogP contribution in [0.3, 0.4) is 0 Å². The predicted octanol–water partition coefficient (Wildman–Crippen LogP) is 3.01. The summed E-state index contributed by atoms with van der Waals surface area (Å²) in [7, 11) is 0. The molecule has 0 radical (unpaired) electrons. The van der Waals surface area contributed by atoms with Gasteiger partial charge < -0.3 is 4.90 Å². The summed E-state index contributed by atoms with van der Waals surface area (Å²) in [6, 6.07) is 3.24. The average molecular weight is 237 g/mol. The standard InChI is InChI=1S/C12H19N3O2/c1-3-5-9-14(8-4-2)12-7-6-11(10-13-12)15(16)17/h6-7,10H,3-5,8-9H2,1-2H3. The molecule has 17 heavy (non-hydrogen) atoms. The second kappa shape index (κ2) is 6.83. The van der Waals surface area contributed by atoms with Gasteiger partial charge in [-0.1, -0.05) is 20.3 Å². The van der Waals surface area contributed by atoms with Gasteiger partial charge in [-0.2, -0.15) is 0 Å². The minimum Gasteiger partial charge on any atom is -0.357 e. The summed E-state index contributed by atoms with van der Waals surface area (Å²) < 4.78 is 0. The monoisotopic (exact) mass is 237 g/mol. The molecule has 1 rings (SSSR count). The Morgan fingerprint density at radius 3 is 2.53 bits per heavy atom. The molecule has 0 bridgehead atoms. The Bertz CT molecular complexity index is 351. The number of rotatable bonds is 7. The van der Waals surface area contributed by atoms with Crippen LogP contribution < -0.4 is 4.90 Å². The van der Waals surface area contributed by atoms with E-state index in [4.69, 9.17) is 0 Å². The second-order valence-corrected chi connectivity index (χ2v) is 3.97. The molecule has 1 aromatic heterocycles. The maximum Gasteiger partial charge on any atom is 0.287 e. The topological polar surface area (TPSA) is 59.3 Å². The van der Waals surface area contributed by atoms with Crippen LogP contribution in [-0.4, -0.2) is 23.0 Å². The Labute approximate surface area is 102 Å². The fourth-order valence-corrected chi connectivity index (χ4v) is 1.63. The van der Waals surface area contributed by atoms with Gasteiger partial charge in [-0.3, -0.25) is 10.1 Å². The number of nitro groups is 1. The second-order valence-electron chi connectivity index (χ2n) is 3.97. The van der Waals surface area contributed by atoms with Crippen molar-refractivity contribution in [1.29, 1.82) is 0 Å². The van der Waals surface area contributed by atoms with Gasteiger partial charge in [-0.25, -0.2) is 4.98 Å². The SMILES string of the molecule is CCCCN(CCC)c1ccc([N+](=O)[O-])cn1. The normalized spacial score (nSPS) is 10.2. The molecule has 0 aliphatic heterocycles. The molecular formula is C12H19N3O2. The fourth-order valence-electron chi connectivity index (χ4n) is 1.63. The Balaban J connectivity index is 2.75. The van der Waals surface area contributed by atoms with Crippen molar-refractivity contribution in [3.8, 4) is 0 Å². The lowest BCUT2D eigenvalue weighted by atomic mass is 10.3. The van der Waals surface area contributed by atoms with Gasteiger partial charge in [0.15, 0.2) is 0 Å². The third-order valence-corrected chi connectivity index (χ3v) is 2.54. The number of aromatic nitrogens is 1. The third-order valence-electron chi connectivity index (χ3n) is 2.54. The maximum absolute atomic E-state index is 10.5. The van der Waals surface area contributed by atoms with Gasteiger partial charge in [-0.05, 0) is 18.9 Å². The molecule has 1 aromatic rings. The summed E-state index contributed by atoms with van der Waals surface area (Å²) in [4.78, 5) is 16.4. The first kappa shape index (κ1) is 13.4. The lowest BCUT2D eigenvalue weighted by molar-refractivity contribution is -0.385. The van der Waals surface area contributed by atoms with E-state index in [1.165, 1.54) is 12.3 Å². The first-order valence-corrected chi connectivity index (χ1v) is 6.04. The zero-order valence-electron chi connectivity index (χ0n) is 10.4. The highest BCUT2D eigenvalue weighted by Gasteiger charge is 2.09. The molecule has 94 valence electrons. The molecule has 1 heterocycles. The summed E-state index contributed by atoms with van der Waals surface area (Å²) in [6.07, 6.45) is 4.61. The van der Waals surface area contributed by atoms with Crippen molar-refractivity contribution in [3.63, 3.8) is 0 Å². The highest BCUT2D eigenvalue weighted by Crippen LogP contribution is 2.16. The van der Waals surface area contributed by atoms with Crippen LogP contribution >= 0.6 is 0 Å². The van der Waals surface area contributed by atoms with Crippen molar-refractivity contribution in [2.75, 3.05) is 18.0 Å². The lowest BCUT2D eigenvalue weighted by Gasteiger charge is -2.22. The van der Waals surface area contributed by atoms with Crippen LogP contribution in [0.5, 0.6) is 0 Å². The van der Waals surface area contributed by atoms with E-state index in [0.29, 0.717) is 0 Å². The van der Waals surface area contributed by atoms with Gasteiger partial charge in [0.05, 0.1) is 4.92 Å². The number of pyridine rings is 1. The van der Waals surface area contributed by atoms with E-state index < -0.39 is 4.92 Å². The minimum absolute atomic E-state index is 0.0423. The van der Waals surface area contributed by atoms with Gasteiger partial charge >= 0.3 is 0 Å². The van der Waals surface area contributed by atoms with Crippen molar-refractivity contribution >= 4 is 11.5 Å². The van der Waals surface area contributed by atoms with E-state index >= 15 is 0 Å². The van der Waals surface area contributed by atoms with Crippen molar-refractivity contribution in [3.05, 3.63) is 28.4 Å². The summed E-state index contributed by atoms with van der Waals surface area (Å²) >= 11 is 0. The van der Waals surface area contributed by atoms with Crippen molar-refractivity contribution < 1.29 is 4.92 Å². The van der Waals surface area contributed by atoms with Crippen LogP contribution in [0.25, 0.3) is 0 Å². The minimum atomic E-state index is -0.424. The average Bonchev–Trinajstić information content (AvgIpc) is 2.34.